The predicted molar refractivity (Wildman–Crippen MR) is 89.4 cm³/mol. The summed E-state index contributed by atoms with van der Waals surface area (Å²) in [5.41, 5.74) is 3.93. The van der Waals surface area contributed by atoms with Crippen LogP contribution in [0.5, 0.6) is 17.2 Å². The largest absolute Gasteiger partial charge is 0.497 e. The van der Waals surface area contributed by atoms with Crippen molar-refractivity contribution in [3.8, 4) is 23.3 Å². The first-order valence-corrected chi connectivity index (χ1v) is 7.47. The Bertz CT molecular complexity index is 732. The Hall–Kier alpha value is -2.67. The third kappa shape index (κ3) is 3.95. The molecule has 0 saturated carbocycles. The van der Waals surface area contributed by atoms with Gasteiger partial charge < -0.3 is 14.2 Å². The Labute approximate surface area is 137 Å². The summed E-state index contributed by atoms with van der Waals surface area (Å²) in [5, 5.41) is 9.12. The Kier molecular flexibility index (Phi) is 5.48. The van der Waals surface area contributed by atoms with Gasteiger partial charge in [-0.25, -0.2) is 0 Å². The maximum absolute atomic E-state index is 9.12. The summed E-state index contributed by atoms with van der Waals surface area (Å²) in [4.78, 5) is 0. The van der Waals surface area contributed by atoms with Crippen LogP contribution in [-0.4, -0.2) is 20.3 Å². The zero-order chi connectivity index (χ0) is 16.8. The average molecular weight is 311 g/mol. The van der Waals surface area contributed by atoms with E-state index in [2.05, 4.69) is 19.1 Å². The highest BCUT2D eigenvalue weighted by Crippen LogP contribution is 2.26. The summed E-state index contributed by atoms with van der Waals surface area (Å²) in [6.07, 6.45) is 0. The van der Waals surface area contributed by atoms with E-state index in [1.807, 2.05) is 19.9 Å². The van der Waals surface area contributed by atoms with Crippen LogP contribution >= 0.6 is 0 Å². The molecule has 0 radical (unpaired) electrons. The van der Waals surface area contributed by atoms with E-state index in [1.165, 1.54) is 5.56 Å². The molecule has 120 valence electrons. The average Bonchev–Trinajstić information content (AvgIpc) is 2.57. The van der Waals surface area contributed by atoms with Crippen molar-refractivity contribution < 1.29 is 14.2 Å². The number of nitriles is 1. The first-order valence-electron chi connectivity index (χ1n) is 7.47. The van der Waals surface area contributed by atoms with E-state index in [0.29, 0.717) is 30.3 Å². The summed E-state index contributed by atoms with van der Waals surface area (Å²) in [6, 6.07) is 11.4. The first-order chi connectivity index (χ1) is 11.1. The van der Waals surface area contributed by atoms with Gasteiger partial charge in [-0.15, -0.1) is 0 Å². The Morgan fingerprint density at radius 2 is 1.65 bits per heavy atom. The first kappa shape index (κ1) is 16.7. The molecule has 4 nitrogen and oxygen atoms in total. The van der Waals surface area contributed by atoms with Gasteiger partial charge in [0.05, 0.1) is 12.7 Å². The summed E-state index contributed by atoms with van der Waals surface area (Å²) in [5.74, 6) is 2.07. The molecule has 0 aliphatic heterocycles. The monoisotopic (exact) mass is 311 g/mol. The molecule has 0 unspecified atom stereocenters. The normalized spacial score (nSPS) is 10.0. The molecule has 0 bridgehead atoms. The van der Waals surface area contributed by atoms with Crippen molar-refractivity contribution in [2.45, 2.75) is 20.8 Å². The van der Waals surface area contributed by atoms with E-state index < -0.39 is 0 Å². The maximum atomic E-state index is 9.12. The molecule has 0 fully saturated rings. The third-order valence-electron chi connectivity index (χ3n) is 3.77. The molecule has 0 N–H and O–H groups in total. The van der Waals surface area contributed by atoms with Crippen molar-refractivity contribution >= 4 is 0 Å². The fourth-order valence-corrected chi connectivity index (χ4v) is 2.28. The molecule has 2 aromatic carbocycles. The van der Waals surface area contributed by atoms with Crippen LogP contribution in [0.4, 0.5) is 0 Å². The van der Waals surface area contributed by atoms with Crippen molar-refractivity contribution in [2.75, 3.05) is 20.3 Å². The SMILES string of the molecule is COc1ccc(C#N)c(OCCOc2c(C)ccc(C)c2C)c1. The van der Waals surface area contributed by atoms with Crippen LogP contribution < -0.4 is 14.2 Å². The van der Waals surface area contributed by atoms with Crippen molar-refractivity contribution in [2.24, 2.45) is 0 Å². The van der Waals surface area contributed by atoms with Gasteiger partial charge in [-0.1, -0.05) is 12.1 Å². The Morgan fingerprint density at radius 1 is 0.957 bits per heavy atom. The van der Waals surface area contributed by atoms with Crippen LogP contribution in [0.3, 0.4) is 0 Å². The summed E-state index contributed by atoms with van der Waals surface area (Å²) in [6.45, 7) is 6.91. The molecule has 23 heavy (non-hydrogen) atoms. The molecule has 0 aliphatic rings. The van der Waals surface area contributed by atoms with E-state index in [1.54, 1.807) is 25.3 Å². The second kappa shape index (κ2) is 7.55. The van der Waals surface area contributed by atoms with Crippen molar-refractivity contribution in [1.82, 2.24) is 0 Å². The Morgan fingerprint density at radius 3 is 2.35 bits per heavy atom. The van der Waals surface area contributed by atoms with Crippen LogP contribution in [0.15, 0.2) is 30.3 Å². The van der Waals surface area contributed by atoms with Gasteiger partial charge in [-0.3, -0.25) is 0 Å². The molecule has 2 rings (SSSR count). The molecule has 0 aromatic heterocycles. The second-order valence-corrected chi connectivity index (χ2v) is 5.32. The van der Waals surface area contributed by atoms with Crippen molar-refractivity contribution in [3.05, 3.63) is 52.6 Å². The second-order valence-electron chi connectivity index (χ2n) is 5.32. The smallest absolute Gasteiger partial charge is 0.140 e. The summed E-state index contributed by atoms with van der Waals surface area (Å²) >= 11 is 0. The maximum Gasteiger partial charge on any atom is 0.140 e. The minimum absolute atomic E-state index is 0.356. The molecule has 0 spiro atoms. The van der Waals surface area contributed by atoms with E-state index in [4.69, 9.17) is 19.5 Å². The van der Waals surface area contributed by atoms with E-state index in [-0.39, 0.29) is 0 Å². The number of ether oxygens (including phenoxy) is 3. The van der Waals surface area contributed by atoms with Gasteiger partial charge in [-0.05, 0) is 49.6 Å². The number of rotatable bonds is 6. The molecule has 0 amide bonds. The lowest BCUT2D eigenvalue weighted by Crippen LogP contribution is -2.11. The number of hydrogen-bond donors (Lipinski definition) is 0. The van der Waals surface area contributed by atoms with Crippen LogP contribution in [0.1, 0.15) is 22.3 Å². The molecule has 4 heteroatoms. The van der Waals surface area contributed by atoms with Gasteiger partial charge in [0, 0.05) is 6.07 Å². The molecule has 0 aliphatic carbocycles. The highest BCUT2D eigenvalue weighted by atomic mass is 16.5. The lowest BCUT2D eigenvalue weighted by molar-refractivity contribution is 0.214. The fraction of sp³-hybridized carbons (Fsp3) is 0.316. The third-order valence-corrected chi connectivity index (χ3v) is 3.77. The van der Waals surface area contributed by atoms with Crippen LogP contribution in [0, 0.1) is 32.1 Å². The molecule has 2 aromatic rings. The lowest BCUT2D eigenvalue weighted by Gasteiger charge is -2.15. The van der Waals surface area contributed by atoms with Crippen molar-refractivity contribution in [3.63, 3.8) is 0 Å². The molecule has 0 atom stereocenters. The van der Waals surface area contributed by atoms with Gasteiger partial charge in [-0.2, -0.15) is 5.26 Å². The lowest BCUT2D eigenvalue weighted by atomic mass is 10.1. The fourth-order valence-electron chi connectivity index (χ4n) is 2.28. The number of benzene rings is 2. The highest BCUT2D eigenvalue weighted by molar-refractivity contribution is 5.47. The van der Waals surface area contributed by atoms with Gasteiger partial charge in [0.15, 0.2) is 0 Å². The van der Waals surface area contributed by atoms with Crippen molar-refractivity contribution in [1.29, 1.82) is 5.26 Å². The quantitative estimate of drug-likeness (QED) is 0.758. The molecule has 0 heterocycles. The van der Waals surface area contributed by atoms with Gasteiger partial charge in [0.25, 0.3) is 0 Å². The van der Waals surface area contributed by atoms with Gasteiger partial charge in [0.1, 0.15) is 36.5 Å². The minimum Gasteiger partial charge on any atom is -0.497 e. The Balaban J connectivity index is 1.99. The number of methoxy groups -OCH3 is 1. The van der Waals surface area contributed by atoms with E-state index in [9.17, 15) is 0 Å². The number of hydrogen-bond acceptors (Lipinski definition) is 4. The molecular weight excluding hydrogens is 290 g/mol. The highest BCUT2D eigenvalue weighted by Gasteiger charge is 2.08. The molecule has 0 saturated heterocycles. The summed E-state index contributed by atoms with van der Waals surface area (Å²) < 4.78 is 16.7. The van der Waals surface area contributed by atoms with E-state index in [0.717, 1.165) is 16.9 Å². The zero-order valence-corrected chi connectivity index (χ0v) is 14.0. The number of aryl methyl sites for hydroxylation is 2. The van der Waals surface area contributed by atoms with E-state index >= 15 is 0 Å². The van der Waals surface area contributed by atoms with Gasteiger partial charge >= 0.3 is 0 Å². The standard InChI is InChI=1S/C19H21NO3/c1-13-5-6-14(2)19(15(13)3)23-10-9-22-18-11-17(21-4)8-7-16(18)12-20/h5-8,11H,9-10H2,1-4H3. The topological polar surface area (TPSA) is 51.5 Å². The zero-order valence-electron chi connectivity index (χ0n) is 14.0. The van der Waals surface area contributed by atoms with Crippen LogP contribution in [0.2, 0.25) is 0 Å². The predicted octanol–water partition coefficient (Wildman–Crippen LogP) is 3.95. The molecular formula is C19H21NO3. The van der Waals surface area contributed by atoms with Crippen LogP contribution in [0.25, 0.3) is 0 Å². The minimum atomic E-state index is 0.356. The number of nitrogens with zero attached hydrogens (tertiary/aromatic N) is 1. The van der Waals surface area contributed by atoms with Crippen LogP contribution in [-0.2, 0) is 0 Å². The van der Waals surface area contributed by atoms with Gasteiger partial charge in [0.2, 0.25) is 0 Å². The summed E-state index contributed by atoms with van der Waals surface area (Å²) in [7, 11) is 1.58.